The molecule has 1 saturated heterocycles. The van der Waals surface area contributed by atoms with Gasteiger partial charge in [0.15, 0.2) is 9.84 Å². The molecular weight excluding hydrogens is 306 g/mol. The smallest absolute Gasteiger partial charge is 0.308 e. The summed E-state index contributed by atoms with van der Waals surface area (Å²) in [5, 5.41) is 9.10. The van der Waals surface area contributed by atoms with E-state index in [0.717, 1.165) is 0 Å². The van der Waals surface area contributed by atoms with Crippen LogP contribution in [0.15, 0.2) is 29.2 Å². The number of hydrogen-bond donors (Lipinski definition) is 1. The Morgan fingerprint density at radius 2 is 1.82 bits per heavy atom. The Morgan fingerprint density at radius 3 is 2.27 bits per heavy atom. The summed E-state index contributed by atoms with van der Waals surface area (Å²) in [4.78, 5) is 25.2. The number of rotatable bonds is 4. The third kappa shape index (κ3) is 3.14. The van der Waals surface area contributed by atoms with E-state index >= 15 is 0 Å². The highest BCUT2D eigenvalue weighted by Crippen LogP contribution is 2.25. The van der Waals surface area contributed by atoms with Crippen LogP contribution in [0.1, 0.15) is 24.2 Å². The fraction of sp³-hybridized carbons (Fsp3) is 0.467. The molecule has 0 bridgehead atoms. The van der Waals surface area contributed by atoms with Crippen LogP contribution < -0.4 is 0 Å². The fourth-order valence-corrected chi connectivity index (χ4v) is 3.49. The Kier molecular flexibility index (Phi) is 4.55. The first-order chi connectivity index (χ1) is 10.3. The first-order valence-corrected chi connectivity index (χ1v) is 8.76. The Bertz CT molecular complexity index is 680. The molecule has 0 unspecified atom stereocenters. The Morgan fingerprint density at radius 1 is 1.23 bits per heavy atom. The van der Waals surface area contributed by atoms with Crippen LogP contribution in [0.5, 0.6) is 0 Å². The molecule has 0 spiro atoms. The number of hydrogen-bond acceptors (Lipinski definition) is 4. The second-order valence-corrected chi connectivity index (χ2v) is 7.84. The summed E-state index contributed by atoms with van der Waals surface area (Å²) in [6.45, 7) is 3.95. The molecule has 1 aliphatic rings. The number of aliphatic carboxylic acids is 1. The molecule has 1 fully saturated rings. The Balaban J connectivity index is 2.16. The lowest BCUT2D eigenvalue weighted by Crippen LogP contribution is -2.29. The van der Waals surface area contributed by atoms with Gasteiger partial charge in [-0.1, -0.05) is 13.8 Å². The molecule has 22 heavy (non-hydrogen) atoms. The summed E-state index contributed by atoms with van der Waals surface area (Å²) in [7, 11) is -3.29. The van der Waals surface area contributed by atoms with Crippen molar-refractivity contribution in [1.29, 1.82) is 0 Å². The van der Waals surface area contributed by atoms with Gasteiger partial charge in [0.05, 0.1) is 16.6 Å². The van der Waals surface area contributed by atoms with Crippen molar-refractivity contribution in [3.63, 3.8) is 0 Å². The van der Waals surface area contributed by atoms with Crippen molar-refractivity contribution in [2.45, 2.75) is 18.7 Å². The Hall–Kier alpha value is -1.89. The van der Waals surface area contributed by atoms with E-state index < -0.39 is 21.7 Å². The number of amides is 1. The lowest BCUT2D eigenvalue weighted by atomic mass is 9.99. The van der Waals surface area contributed by atoms with Crippen molar-refractivity contribution < 1.29 is 23.1 Å². The van der Waals surface area contributed by atoms with E-state index in [2.05, 4.69) is 0 Å². The molecule has 1 aromatic rings. The van der Waals surface area contributed by atoms with Gasteiger partial charge >= 0.3 is 5.97 Å². The van der Waals surface area contributed by atoms with E-state index in [1.807, 2.05) is 6.92 Å². The van der Waals surface area contributed by atoms with Crippen molar-refractivity contribution in [3.05, 3.63) is 29.8 Å². The standard InChI is InChI=1S/C15H19NO5S/c1-3-22(20,21)12-6-4-11(5-7-12)14(17)16-8-10(2)13(9-16)15(18)19/h4-7,10,13H,3,8-9H2,1-2H3,(H,18,19)/t10-,13-/m1/s1. The van der Waals surface area contributed by atoms with Crippen LogP contribution in [0.3, 0.4) is 0 Å². The minimum atomic E-state index is -3.29. The van der Waals surface area contributed by atoms with Crippen molar-refractivity contribution in [3.8, 4) is 0 Å². The number of carboxylic acids is 1. The molecule has 1 amide bonds. The quantitative estimate of drug-likeness (QED) is 0.900. The van der Waals surface area contributed by atoms with E-state index in [0.29, 0.717) is 12.1 Å². The summed E-state index contributed by atoms with van der Waals surface area (Å²) in [6, 6.07) is 5.79. The van der Waals surface area contributed by atoms with E-state index in [-0.39, 0.29) is 29.0 Å². The monoisotopic (exact) mass is 325 g/mol. The summed E-state index contributed by atoms with van der Waals surface area (Å²) < 4.78 is 23.5. The summed E-state index contributed by atoms with van der Waals surface area (Å²) in [5.41, 5.74) is 0.369. The second kappa shape index (κ2) is 6.08. The molecule has 1 aromatic carbocycles. The molecule has 1 N–H and O–H groups in total. The molecule has 2 rings (SSSR count). The van der Waals surface area contributed by atoms with Gasteiger partial charge in [0, 0.05) is 18.7 Å². The van der Waals surface area contributed by atoms with Crippen molar-refractivity contribution >= 4 is 21.7 Å². The summed E-state index contributed by atoms with van der Waals surface area (Å²) in [5.74, 6) is -1.81. The van der Waals surface area contributed by atoms with Gasteiger partial charge in [-0.3, -0.25) is 9.59 Å². The minimum absolute atomic E-state index is 0.00419. The topological polar surface area (TPSA) is 91.8 Å². The third-order valence-electron chi connectivity index (χ3n) is 4.06. The average Bonchev–Trinajstić information content (AvgIpc) is 2.89. The molecular formula is C15H19NO5S. The van der Waals surface area contributed by atoms with Crippen LogP contribution in [0.25, 0.3) is 0 Å². The van der Waals surface area contributed by atoms with Gasteiger partial charge in [-0.05, 0) is 30.2 Å². The summed E-state index contributed by atoms with van der Waals surface area (Å²) >= 11 is 0. The lowest BCUT2D eigenvalue weighted by Gasteiger charge is -2.16. The largest absolute Gasteiger partial charge is 0.481 e. The van der Waals surface area contributed by atoms with Crippen LogP contribution in [0, 0.1) is 11.8 Å². The molecule has 0 saturated carbocycles. The van der Waals surface area contributed by atoms with E-state index in [1.54, 1.807) is 6.92 Å². The predicted molar refractivity (Wildman–Crippen MR) is 80.4 cm³/mol. The minimum Gasteiger partial charge on any atom is -0.481 e. The maximum Gasteiger partial charge on any atom is 0.308 e. The number of carbonyl (C=O) groups excluding carboxylic acids is 1. The summed E-state index contributed by atoms with van der Waals surface area (Å²) in [6.07, 6.45) is 0. The van der Waals surface area contributed by atoms with Gasteiger partial charge in [0.25, 0.3) is 5.91 Å². The molecule has 120 valence electrons. The normalized spacial score (nSPS) is 21.8. The Labute approximate surface area is 129 Å². The van der Waals surface area contributed by atoms with E-state index in [1.165, 1.54) is 29.2 Å². The van der Waals surface area contributed by atoms with Gasteiger partial charge in [-0.25, -0.2) is 8.42 Å². The van der Waals surface area contributed by atoms with Crippen LogP contribution in [0.4, 0.5) is 0 Å². The maximum atomic E-state index is 12.4. The molecule has 7 heteroatoms. The number of benzene rings is 1. The van der Waals surface area contributed by atoms with Gasteiger partial charge in [-0.2, -0.15) is 0 Å². The highest BCUT2D eigenvalue weighted by molar-refractivity contribution is 7.91. The lowest BCUT2D eigenvalue weighted by molar-refractivity contribution is -0.142. The van der Waals surface area contributed by atoms with Crippen LogP contribution in [0.2, 0.25) is 0 Å². The highest BCUT2D eigenvalue weighted by Gasteiger charge is 2.37. The van der Waals surface area contributed by atoms with Gasteiger partial charge in [-0.15, -0.1) is 0 Å². The number of likely N-dealkylation sites (tertiary alicyclic amines) is 1. The number of sulfone groups is 1. The zero-order valence-electron chi connectivity index (χ0n) is 12.5. The molecule has 0 radical (unpaired) electrons. The number of nitrogens with zero attached hydrogens (tertiary/aromatic N) is 1. The third-order valence-corrected chi connectivity index (χ3v) is 5.81. The molecule has 0 aliphatic carbocycles. The zero-order valence-corrected chi connectivity index (χ0v) is 13.3. The highest BCUT2D eigenvalue weighted by atomic mass is 32.2. The molecule has 1 aliphatic heterocycles. The number of carbonyl (C=O) groups is 2. The fourth-order valence-electron chi connectivity index (χ4n) is 2.61. The zero-order chi connectivity index (χ0) is 16.5. The molecule has 0 aromatic heterocycles. The second-order valence-electron chi connectivity index (χ2n) is 5.56. The van der Waals surface area contributed by atoms with Gasteiger partial charge in [0.2, 0.25) is 0 Å². The van der Waals surface area contributed by atoms with E-state index in [9.17, 15) is 18.0 Å². The molecule has 1 heterocycles. The predicted octanol–water partition coefficient (Wildman–Crippen LogP) is 1.27. The molecule has 6 nitrogen and oxygen atoms in total. The number of carboxylic acid groups (broad SMARTS) is 1. The van der Waals surface area contributed by atoms with E-state index in [4.69, 9.17) is 5.11 Å². The van der Waals surface area contributed by atoms with Crippen LogP contribution in [-0.2, 0) is 14.6 Å². The first kappa shape index (κ1) is 16.5. The van der Waals surface area contributed by atoms with Crippen LogP contribution >= 0.6 is 0 Å². The van der Waals surface area contributed by atoms with Crippen molar-refractivity contribution in [2.75, 3.05) is 18.8 Å². The van der Waals surface area contributed by atoms with Crippen molar-refractivity contribution in [1.82, 2.24) is 4.90 Å². The first-order valence-electron chi connectivity index (χ1n) is 7.11. The van der Waals surface area contributed by atoms with Crippen LogP contribution in [-0.4, -0.2) is 49.1 Å². The SMILES string of the molecule is CCS(=O)(=O)c1ccc(C(=O)N2C[C@@H](C)[C@H](C(=O)O)C2)cc1. The maximum absolute atomic E-state index is 12.4. The molecule has 2 atom stereocenters. The van der Waals surface area contributed by atoms with Crippen molar-refractivity contribution in [2.24, 2.45) is 11.8 Å². The average molecular weight is 325 g/mol. The van der Waals surface area contributed by atoms with Gasteiger partial charge < -0.3 is 10.0 Å². The van der Waals surface area contributed by atoms with Gasteiger partial charge in [0.1, 0.15) is 0 Å².